The monoisotopic (exact) mass is 486 g/mol. The van der Waals surface area contributed by atoms with Gasteiger partial charge in [-0.15, -0.1) is 0 Å². The number of hydrogen-bond donors (Lipinski definition) is 5. The van der Waals surface area contributed by atoms with Crippen molar-refractivity contribution in [3.05, 3.63) is 0 Å². The molecule has 5 unspecified atom stereocenters. The number of unbranched alkanes of at least 4 members (excludes halogenated alkanes) is 2. The molecule has 0 radical (unpaired) electrons. The predicted octanol–water partition coefficient (Wildman–Crippen LogP) is 0.713. The average molecular weight is 487 g/mol. The molecule has 5 N–H and O–H groups in total. The molecule has 9 nitrogen and oxygen atoms in total. The number of hydrogen-bond acceptors (Lipinski definition) is 7. The lowest BCUT2D eigenvalue weighted by Crippen LogP contribution is -2.61. The van der Waals surface area contributed by atoms with Gasteiger partial charge in [-0.3, -0.25) is 14.5 Å². The zero-order valence-electron chi connectivity index (χ0n) is 22.0. The van der Waals surface area contributed by atoms with Crippen molar-refractivity contribution >= 4 is 11.8 Å². The van der Waals surface area contributed by atoms with Crippen molar-refractivity contribution in [2.45, 2.75) is 104 Å². The molecular weight excluding hydrogens is 436 g/mol. The Hall–Kier alpha value is -1.26. The summed E-state index contributed by atoms with van der Waals surface area (Å²) < 4.78 is 0. The highest BCUT2D eigenvalue weighted by Crippen LogP contribution is 2.12. The third kappa shape index (κ3) is 13.6. The third-order valence-corrected chi connectivity index (χ3v) is 5.89. The van der Waals surface area contributed by atoms with Gasteiger partial charge in [0.2, 0.25) is 11.8 Å². The van der Waals surface area contributed by atoms with Gasteiger partial charge in [0.25, 0.3) is 0 Å². The lowest BCUT2D eigenvalue weighted by atomic mass is 10.0. The van der Waals surface area contributed by atoms with Gasteiger partial charge in [-0.25, -0.2) is 0 Å². The van der Waals surface area contributed by atoms with E-state index in [9.17, 15) is 24.9 Å². The van der Waals surface area contributed by atoms with Gasteiger partial charge >= 0.3 is 0 Å². The van der Waals surface area contributed by atoms with E-state index in [0.717, 1.165) is 45.3 Å². The summed E-state index contributed by atoms with van der Waals surface area (Å²) >= 11 is 0. The Morgan fingerprint density at radius 3 is 1.32 bits per heavy atom. The summed E-state index contributed by atoms with van der Waals surface area (Å²) in [7, 11) is 0. The zero-order valence-corrected chi connectivity index (χ0v) is 22.0. The van der Waals surface area contributed by atoms with Crippen LogP contribution in [-0.2, 0) is 9.59 Å². The highest BCUT2D eigenvalue weighted by atomic mass is 16.3. The van der Waals surface area contributed by atoms with E-state index in [-0.39, 0.29) is 17.9 Å². The molecule has 1 fully saturated rings. The summed E-state index contributed by atoms with van der Waals surface area (Å²) in [6, 6.07) is -0.982. The second-order valence-electron chi connectivity index (χ2n) is 10.6. The van der Waals surface area contributed by atoms with Crippen LogP contribution in [0.3, 0.4) is 0 Å². The minimum absolute atomic E-state index is 0.113. The maximum atomic E-state index is 12.5. The molecule has 9 heteroatoms. The third-order valence-electron chi connectivity index (χ3n) is 5.89. The molecule has 0 aromatic carbocycles. The molecule has 1 aliphatic heterocycles. The highest BCUT2D eigenvalue weighted by molar-refractivity contribution is 5.96. The number of nitrogens with zero attached hydrogens (tertiary/aromatic N) is 2. The fourth-order valence-corrected chi connectivity index (χ4v) is 4.60. The fourth-order valence-electron chi connectivity index (χ4n) is 4.60. The van der Waals surface area contributed by atoms with Crippen LogP contribution in [0.1, 0.15) is 73.1 Å². The first-order valence-electron chi connectivity index (χ1n) is 13.1. The summed E-state index contributed by atoms with van der Waals surface area (Å²) in [6.07, 6.45) is 3.24. The van der Waals surface area contributed by atoms with E-state index < -0.39 is 24.3 Å². The van der Waals surface area contributed by atoms with E-state index in [2.05, 4.69) is 29.4 Å². The number of piperazine rings is 1. The van der Waals surface area contributed by atoms with Gasteiger partial charge in [0, 0.05) is 26.2 Å². The quantitative estimate of drug-likeness (QED) is 0.181. The Balaban J connectivity index is 2.34. The summed E-state index contributed by atoms with van der Waals surface area (Å²) in [5, 5.41) is 34.7. The number of carbonyl (C=O) groups is 2. The van der Waals surface area contributed by atoms with E-state index >= 15 is 0 Å². The Morgan fingerprint density at radius 1 is 0.647 bits per heavy atom. The van der Waals surface area contributed by atoms with E-state index in [4.69, 9.17) is 0 Å². The largest absolute Gasteiger partial charge is 0.392 e. The van der Waals surface area contributed by atoms with Gasteiger partial charge in [-0.1, -0.05) is 13.8 Å². The molecule has 0 saturated carbocycles. The lowest BCUT2D eigenvalue weighted by molar-refractivity contribution is -0.137. The Morgan fingerprint density at radius 2 is 1.00 bits per heavy atom. The lowest BCUT2D eigenvalue weighted by Gasteiger charge is -2.30. The molecule has 2 amide bonds. The highest BCUT2D eigenvalue weighted by Gasteiger charge is 2.32. The smallest absolute Gasteiger partial charge is 0.243 e. The number of amides is 2. The number of aliphatic hydroxyl groups is 3. The molecule has 1 aliphatic rings. The normalized spacial score (nSPS) is 21.6. The molecular formula is C25H50N4O5. The Kier molecular flexibility index (Phi) is 14.9. The van der Waals surface area contributed by atoms with Crippen molar-refractivity contribution in [1.29, 1.82) is 0 Å². The second-order valence-corrected chi connectivity index (χ2v) is 10.6. The second kappa shape index (κ2) is 16.4. The zero-order chi connectivity index (χ0) is 25.7. The average Bonchev–Trinajstić information content (AvgIpc) is 2.69. The first-order valence-corrected chi connectivity index (χ1v) is 13.1. The predicted molar refractivity (Wildman–Crippen MR) is 134 cm³/mol. The van der Waals surface area contributed by atoms with E-state index in [1.807, 2.05) is 4.90 Å². The van der Waals surface area contributed by atoms with Crippen LogP contribution in [0.15, 0.2) is 0 Å². The summed E-state index contributed by atoms with van der Waals surface area (Å²) in [4.78, 5) is 29.3. The van der Waals surface area contributed by atoms with E-state index in [0.29, 0.717) is 38.4 Å². The number of rotatable bonds is 18. The van der Waals surface area contributed by atoms with Crippen LogP contribution in [0.2, 0.25) is 0 Å². The van der Waals surface area contributed by atoms with Crippen molar-refractivity contribution in [3.63, 3.8) is 0 Å². The van der Waals surface area contributed by atoms with Crippen molar-refractivity contribution in [2.24, 2.45) is 5.92 Å². The molecule has 1 saturated heterocycles. The molecule has 5 atom stereocenters. The molecule has 1 heterocycles. The molecule has 0 aromatic rings. The van der Waals surface area contributed by atoms with Gasteiger partial charge in [0.05, 0.1) is 18.3 Å². The van der Waals surface area contributed by atoms with Crippen LogP contribution >= 0.6 is 0 Å². The summed E-state index contributed by atoms with van der Waals surface area (Å²) in [6.45, 7) is 13.8. The van der Waals surface area contributed by atoms with Crippen molar-refractivity contribution in [3.8, 4) is 0 Å². The van der Waals surface area contributed by atoms with Gasteiger partial charge in [0.1, 0.15) is 12.1 Å². The van der Waals surface area contributed by atoms with Crippen molar-refractivity contribution < 1.29 is 24.9 Å². The van der Waals surface area contributed by atoms with Crippen LogP contribution in [0.4, 0.5) is 0 Å². The molecule has 1 rings (SSSR count). The van der Waals surface area contributed by atoms with Crippen LogP contribution in [-0.4, -0.2) is 107 Å². The minimum atomic E-state index is -0.502. The first kappa shape index (κ1) is 30.8. The van der Waals surface area contributed by atoms with Crippen molar-refractivity contribution in [2.75, 3.05) is 39.3 Å². The summed E-state index contributed by atoms with van der Waals surface area (Å²) in [5.74, 6) is 0.293. The van der Waals surface area contributed by atoms with Crippen LogP contribution in [0.25, 0.3) is 0 Å². The minimum Gasteiger partial charge on any atom is -0.392 e. The van der Waals surface area contributed by atoms with E-state index in [1.165, 1.54) is 0 Å². The standard InChI is InChI=1S/C25H50N4O5/c1-18(2)14-28(15-19(3)30)12-8-6-10-22-24(33)27-23(25(34)26-22)11-7-9-13-29(16-20(4)31)17-21(5)32/h18-23,30-32H,6-17H2,1-5H3,(H,26,34)(H,27,33). The Bertz CT molecular complexity index is 516. The molecule has 34 heavy (non-hydrogen) atoms. The number of nitrogens with one attached hydrogen (secondary N) is 2. The van der Waals surface area contributed by atoms with Crippen LogP contribution in [0.5, 0.6) is 0 Å². The molecule has 0 bridgehead atoms. The van der Waals surface area contributed by atoms with Crippen molar-refractivity contribution in [1.82, 2.24) is 20.4 Å². The molecule has 200 valence electrons. The molecule has 0 aromatic heterocycles. The topological polar surface area (TPSA) is 125 Å². The van der Waals surface area contributed by atoms with Crippen LogP contribution in [0, 0.1) is 5.92 Å². The number of carbonyl (C=O) groups excluding carboxylic acids is 2. The Labute approximate surface area is 206 Å². The van der Waals surface area contributed by atoms with Gasteiger partial charge in [-0.05, 0) is 78.3 Å². The first-order chi connectivity index (χ1) is 16.0. The maximum absolute atomic E-state index is 12.5. The van der Waals surface area contributed by atoms with Gasteiger partial charge in [-0.2, -0.15) is 0 Å². The molecule has 0 aliphatic carbocycles. The number of aliphatic hydroxyl groups excluding tert-OH is 3. The molecule has 0 spiro atoms. The fraction of sp³-hybridized carbons (Fsp3) is 0.920. The SMILES string of the molecule is CC(C)CN(CCCCC1NC(=O)C(CCCCN(CC(C)O)CC(C)O)NC1=O)CC(C)O. The van der Waals surface area contributed by atoms with Crippen LogP contribution < -0.4 is 10.6 Å². The summed E-state index contributed by atoms with van der Waals surface area (Å²) in [5.41, 5.74) is 0. The van der Waals surface area contributed by atoms with E-state index in [1.54, 1.807) is 20.8 Å². The van der Waals surface area contributed by atoms with Gasteiger partial charge < -0.3 is 30.9 Å². The maximum Gasteiger partial charge on any atom is 0.243 e. The van der Waals surface area contributed by atoms with Gasteiger partial charge in [0.15, 0.2) is 0 Å².